The molecule has 0 saturated heterocycles. The van der Waals surface area contributed by atoms with E-state index in [1.54, 1.807) is 27.7 Å². The summed E-state index contributed by atoms with van der Waals surface area (Å²) in [4.78, 5) is 0. The van der Waals surface area contributed by atoms with Crippen molar-refractivity contribution in [1.29, 1.82) is 0 Å². The van der Waals surface area contributed by atoms with Gasteiger partial charge in [0.1, 0.15) is 0 Å². The van der Waals surface area contributed by atoms with Crippen molar-refractivity contribution in [2.24, 2.45) is 0 Å². The average molecular weight is 314 g/mol. The van der Waals surface area contributed by atoms with E-state index in [9.17, 15) is 0 Å². The predicted octanol–water partition coefficient (Wildman–Crippen LogP) is 1.51. The summed E-state index contributed by atoms with van der Waals surface area (Å²) in [6.45, 7) is 8.53. The Labute approximate surface area is 134 Å². The molecule has 128 valence electrons. The molecular weight excluding hydrogens is 283 g/mol. The molecule has 0 aliphatic heterocycles. The highest BCUT2D eigenvalue weighted by Gasteiger charge is 2.31. The molecule has 0 atom stereocenters. The van der Waals surface area contributed by atoms with Gasteiger partial charge in [0.25, 0.3) is 0 Å². The summed E-state index contributed by atoms with van der Waals surface area (Å²) in [5.41, 5.74) is -0.552. The summed E-state index contributed by atoms with van der Waals surface area (Å²) in [7, 11) is -2.17. The van der Waals surface area contributed by atoms with Crippen LogP contribution in [0.25, 0.3) is 0 Å². The number of rotatable bonds is 4. The van der Waals surface area contributed by atoms with Gasteiger partial charge in [-0.1, -0.05) is 43.7 Å². The third-order valence-electron chi connectivity index (χ3n) is 3.16. The number of hydrogen-bond donors (Lipinski definition) is 5. The third-order valence-corrected chi connectivity index (χ3v) is 3.16. The number of benzene rings is 1. The molecular formula is C16H31BO5. The molecule has 0 aliphatic carbocycles. The van der Waals surface area contributed by atoms with Crippen LogP contribution in [-0.2, 0) is 6.42 Å². The highest BCUT2D eigenvalue weighted by Crippen LogP contribution is 2.19. The van der Waals surface area contributed by atoms with Crippen molar-refractivity contribution in [2.75, 3.05) is 0 Å². The first-order chi connectivity index (χ1) is 9.91. The molecule has 0 aliphatic rings. The van der Waals surface area contributed by atoms with Crippen LogP contribution < -0.4 is 0 Å². The highest BCUT2D eigenvalue weighted by molar-refractivity contribution is 6.30. The maximum absolute atomic E-state index is 9.10. The summed E-state index contributed by atoms with van der Waals surface area (Å²) in [5.74, 6) is 0. The smallest absolute Gasteiger partial charge is 0.402 e. The SMILES string of the molecule is CC(C)(O)C(C)(C)O.CCCCc1ccccc1.OB(O)O. The fourth-order valence-electron chi connectivity index (χ4n) is 1.03. The molecule has 0 bridgehead atoms. The van der Waals surface area contributed by atoms with Gasteiger partial charge >= 0.3 is 7.32 Å². The molecule has 0 spiro atoms. The normalized spacial score (nSPS) is 10.8. The maximum Gasteiger partial charge on any atom is 0.631 e. The van der Waals surface area contributed by atoms with E-state index >= 15 is 0 Å². The molecule has 0 aromatic heterocycles. The lowest BCUT2D eigenvalue weighted by atomic mass is 9.90. The number of aliphatic hydroxyl groups is 2. The van der Waals surface area contributed by atoms with Crippen molar-refractivity contribution < 1.29 is 25.3 Å². The van der Waals surface area contributed by atoms with E-state index < -0.39 is 18.5 Å². The predicted molar refractivity (Wildman–Crippen MR) is 90.1 cm³/mol. The summed E-state index contributed by atoms with van der Waals surface area (Å²) in [6, 6.07) is 10.6. The minimum Gasteiger partial charge on any atom is -0.402 e. The first-order valence-corrected chi connectivity index (χ1v) is 7.44. The molecule has 0 radical (unpaired) electrons. The zero-order chi connectivity index (χ0) is 17.8. The Morgan fingerprint density at radius 3 is 1.50 bits per heavy atom. The molecule has 0 unspecified atom stereocenters. The second-order valence-electron chi connectivity index (χ2n) is 6.05. The number of aryl methyl sites for hydroxylation is 1. The zero-order valence-electron chi connectivity index (χ0n) is 14.3. The van der Waals surface area contributed by atoms with E-state index in [0.717, 1.165) is 0 Å². The summed E-state index contributed by atoms with van der Waals surface area (Å²) < 4.78 is 0. The highest BCUT2D eigenvalue weighted by atomic mass is 16.5. The van der Waals surface area contributed by atoms with Gasteiger partial charge in [0, 0.05) is 0 Å². The maximum atomic E-state index is 9.10. The second-order valence-corrected chi connectivity index (χ2v) is 6.05. The van der Waals surface area contributed by atoms with Crippen molar-refractivity contribution in [3.63, 3.8) is 0 Å². The zero-order valence-corrected chi connectivity index (χ0v) is 14.3. The molecule has 1 aromatic rings. The van der Waals surface area contributed by atoms with Crippen molar-refractivity contribution in [1.82, 2.24) is 0 Å². The average Bonchev–Trinajstić information content (AvgIpc) is 2.35. The van der Waals surface area contributed by atoms with Crippen LogP contribution in [0, 0.1) is 0 Å². The first-order valence-electron chi connectivity index (χ1n) is 7.44. The molecule has 6 heteroatoms. The molecule has 5 nitrogen and oxygen atoms in total. The molecule has 5 N–H and O–H groups in total. The van der Waals surface area contributed by atoms with E-state index in [-0.39, 0.29) is 0 Å². The van der Waals surface area contributed by atoms with Crippen molar-refractivity contribution in [3.8, 4) is 0 Å². The quantitative estimate of drug-likeness (QED) is 0.542. The van der Waals surface area contributed by atoms with Gasteiger partial charge in [0.2, 0.25) is 0 Å². The van der Waals surface area contributed by atoms with Gasteiger partial charge in [0.05, 0.1) is 11.2 Å². The van der Waals surface area contributed by atoms with Crippen LogP contribution in [0.5, 0.6) is 0 Å². The lowest BCUT2D eigenvalue weighted by molar-refractivity contribution is -0.107. The Bertz CT molecular complexity index is 340. The Morgan fingerprint density at radius 2 is 1.23 bits per heavy atom. The second kappa shape index (κ2) is 11.6. The van der Waals surface area contributed by atoms with Crippen LogP contribution >= 0.6 is 0 Å². The van der Waals surface area contributed by atoms with Gasteiger partial charge in [-0.25, -0.2) is 0 Å². The standard InChI is InChI=1S/C10H14.C6H14O2.BH3O3/c1-2-3-7-10-8-5-4-6-9-10;1-5(2,7)6(3,4)8;2-1(3)4/h4-6,8-9H,2-3,7H2,1H3;7-8H,1-4H3;2-4H. The molecule has 0 fully saturated rings. The van der Waals surface area contributed by atoms with Crippen LogP contribution in [0.1, 0.15) is 53.0 Å². The minimum absolute atomic E-state index is 1.01. The number of hydrogen-bond acceptors (Lipinski definition) is 5. The monoisotopic (exact) mass is 314 g/mol. The van der Waals surface area contributed by atoms with Crippen LogP contribution in [0.15, 0.2) is 30.3 Å². The van der Waals surface area contributed by atoms with Crippen LogP contribution in [0.4, 0.5) is 0 Å². The molecule has 0 amide bonds. The topological polar surface area (TPSA) is 101 Å². The summed E-state index contributed by atoms with van der Waals surface area (Å²) in [5, 5.41) is 39.7. The Hall–Kier alpha value is -0.915. The molecule has 0 saturated carbocycles. The van der Waals surface area contributed by atoms with Gasteiger partial charge in [-0.2, -0.15) is 0 Å². The minimum atomic E-state index is -2.17. The lowest BCUT2D eigenvalue weighted by Gasteiger charge is -2.31. The van der Waals surface area contributed by atoms with Crippen LogP contribution in [0.3, 0.4) is 0 Å². The molecule has 1 rings (SSSR count). The number of unbranched alkanes of at least 4 members (excludes halogenated alkanes) is 1. The van der Waals surface area contributed by atoms with E-state index in [1.165, 1.54) is 24.8 Å². The van der Waals surface area contributed by atoms with Gasteiger partial charge in [-0.05, 0) is 46.1 Å². The Balaban J connectivity index is 0. The molecule has 1 aromatic carbocycles. The van der Waals surface area contributed by atoms with Crippen LogP contribution in [0.2, 0.25) is 0 Å². The lowest BCUT2D eigenvalue weighted by Crippen LogP contribution is -2.44. The van der Waals surface area contributed by atoms with E-state index in [1.807, 2.05) is 0 Å². The fourth-order valence-corrected chi connectivity index (χ4v) is 1.03. The summed E-state index contributed by atoms with van der Waals surface area (Å²) >= 11 is 0. The van der Waals surface area contributed by atoms with E-state index in [0.29, 0.717) is 0 Å². The first kappa shape index (κ1) is 23.4. The fraction of sp³-hybridized carbons (Fsp3) is 0.625. The summed E-state index contributed by atoms with van der Waals surface area (Å²) in [6.07, 6.45) is 3.83. The Morgan fingerprint density at radius 1 is 0.864 bits per heavy atom. The largest absolute Gasteiger partial charge is 0.631 e. The van der Waals surface area contributed by atoms with Crippen LogP contribution in [-0.4, -0.2) is 43.8 Å². The van der Waals surface area contributed by atoms with Gasteiger partial charge in [-0.3, -0.25) is 0 Å². The molecule has 22 heavy (non-hydrogen) atoms. The third kappa shape index (κ3) is 15.5. The van der Waals surface area contributed by atoms with E-state index in [2.05, 4.69) is 37.3 Å². The van der Waals surface area contributed by atoms with Gasteiger partial charge in [-0.15, -0.1) is 0 Å². The van der Waals surface area contributed by atoms with Gasteiger partial charge in [0.15, 0.2) is 0 Å². The molecule has 0 heterocycles. The van der Waals surface area contributed by atoms with Crippen molar-refractivity contribution in [2.45, 2.75) is 65.1 Å². The van der Waals surface area contributed by atoms with Crippen molar-refractivity contribution >= 4 is 7.32 Å². The Kier molecular flexibility index (Phi) is 12.3. The van der Waals surface area contributed by atoms with Gasteiger partial charge < -0.3 is 25.3 Å². The van der Waals surface area contributed by atoms with Crippen molar-refractivity contribution in [3.05, 3.63) is 35.9 Å². The van der Waals surface area contributed by atoms with E-state index in [4.69, 9.17) is 25.3 Å².